The zero-order valence-electron chi connectivity index (χ0n) is 12.9. The predicted octanol–water partition coefficient (Wildman–Crippen LogP) is 4.73. The van der Waals surface area contributed by atoms with Gasteiger partial charge in [-0.15, -0.1) is 22.7 Å². The lowest BCUT2D eigenvalue weighted by atomic mass is 10.2. The molecule has 1 amide bonds. The predicted molar refractivity (Wildman–Crippen MR) is 102 cm³/mol. The van der Waals surface area contributed by atoms with Crippen molar-refractivity contribution in [3.8, 4) is 5.00 Å². The fraction of sp³-hybridized carbons (Fsp3) is 0.105. The van der Waals surface area contributed by atoms with Gasteiger partial charge < -0.3 is 9.88 Å². The van der Waals surface area contributed by atoms with Crippen molar-refractivity contribution in [1.82, 2.24) is 9.88 Å². The standard InChI is InChI=1S/C19H16N2OS2/c22-19(20-11-9-15-5-3-13-23-15)17-7-8-18(24-17)21-12-10-14-4-1-2-6-16(14)21/h1-8,10,12-13H,9,11H2,(H,20,22). The molecular weight excluding hydrogens is 336 g/mol. The van der Waals surface area contributed by atoms with E-state index >= 15 is 0 Å². The number of carbonyl (C=O) groups excluding carboxylic acids is 1. The molecule has 4 rings (SSSR count). The fourth-order valence-electron chi connectivity index (χ4n) is 2.70. The average Bonchev–Trinajstić information content (AvgIpc) is 3.34. The van der Waals surface area contributed by atoms with E-state index in [0.717, 1.165) is 21.8 Å². The Kier molecular flexibility index (Phi) is 4.19. The maximum atomic E-state index is 12.3. The average molecular weight is 352 g/mol. The van der Waals surface area contributed by atoms with E-state index in [9.17, 15) is 4.79 Å². The summed E-state index contributed by atoms with van der Waals surface area (Å²) in [7, 11) is 0. The molecular formula is C19H16N2OS2. The summed E-state index contributed by atoms with van der Waals surface area (Å²) in [5.74, 6) is -0.000678. The van der Waals surface area contributed by atoms with E-state index in [1.54, 1.807) is 11.3 Å². The number of para-hydroxylation sites is 1. The Bertz CT molecular complexity index is 966. The summed E-state index contributed by atoms with van der Waals surface area (Å²) in [5.41, 5.74) is 1.16. The van der Waals surface area contributed by atoms with Gasteiger partial charge in [-0.25, -0.2) is 0 Å². The van der Waals surface area contributed by atoms with E-state index in [1.807, 2.05) is 30.3 Å². The van der Waals surface area contributed by atoms with Gasteiger partial charge in [0.1, 0.15) is 5.00 Å². The van der Waals surface area contributed by atoms with Gasteiger partial charge in [-0.05, 0) is 47.5 Å². The number of amides is 1. The molecule has 0 aliphatic heterocycles. The van der Waals surface area contributed by atoms with E-state index in [1.165, 1.54) is 21.6 Å². The van der Waals surface area contributed by atoms with Crippen LogP contribution in [0.1, 0.15) is 14.5 Å². The van der Waals surface area contributed by atoms with Gasteiger partial charge in [0.05, 0.1) is 10.4 Å². The molecule has 3 heterocycles. The minimum atomic E-state index is -0.000678. The molecule has 0 aliphatic rings. The molecule has 120 valence electrons. The highest BCUT2D eigenvalue weighted by Gasteiger charge is 2.11. The zero-order valence-corrected chi connectivity index (χ0v) is 14.6. The lowest BCUT2D eigenvalue weighted by Crippen LogP contribution is -2.24. The fourth-order valence-corrected chi connectivity index (χ4v) is 4.32. The monoisotopic (exact) mass is 352 g/mol. The molecule has 0 fully saturated rings. The van der Waals surface area contributed by atoms with Crippen molar-refractivity contribution >= 4 is 39.5 Å². The first-order valence-corrected chi connectivity index (χ1v) is 9.48. The lowest BCUT2D eigenvalue weighted by Gasteiger charge is -2.03. The smallest absolute Gasteiger partial charge is 0.261 e. The van der Waals surface area contributed by atoms with E-state index < -0.39 is 0 Å². The maximum absolute atomic E-state index is 12.3. The van der Waals surface area contributed by atoms with Crippen molar-refractivity contribution in [2.75, 3.05) is 6.54 Å². The highest BCUT2D eigenvalue weighted by molar-refractivity contribution is 7.16. The third-order valence-electron chi connectivity index (χ3n) is 3.89. The van der Waals surface area contributed by atoms with Crippen molar-refractivity contribution in [3.05, 3.63) is 75.9 Å². The van der Waals surface area contributed by atoms with Crippen LogP contribution in [0.25, 0.3) is 15.9 Å². The molecule has 4 aromatic rings. The number of hydrogen-bond donors (Lipinski definition) is 1. The van der Waals surface area contributed by atoms with Crippen LogP contribution >= 0.6 is 22.7 Å². The van der Waals surface area contributed by atoms with Gasteiger partial charge in [0.25, 0.3) is 5.91 Å². The second kappa shape index (κ2) is 6.63. The first-order valence-electron chi connectivity index (χ1n) is 7.78. The third-order valence-corrected chi connectivity index (χ3v) is 5.91. The first kappa shape index (κ1) is 15.2. The number of fused-ring (bicyclic) bond motifs is 1. The van der Waals surface area contributed by atoms with Gasteiger partial charge in [-0.3, -0.25) is 4.79 Å². The Morgan fingerprint density at radius 2 is 1.96 bits per heavy atom. The molecule has 0 unspecified atom stereocenters. The van der Waals surface area contributed by atoms with Crippen LogP contribution in [0, 0.1) is 0 Å². The Morgan fingerprint density at radius 3 is 2.83 bits per heavy atom. The van der Waals surface area contributed by atoms with E-state index in [-0.39, 0.29) is 5.91 Å². The summed E-state index contributed by atoms with van der Waals surface area (Å²) in [6.45, 7) is 0.666. The summed E-state index contributed by atoms with van der Waals surface area (Å²) in [6, 6.07) is 18.4. The number of rotatable bonds is 5. The van der Waals surface area contributed by atoms with E-state index in [4.69, 9.17) is 0 Å². The van der Waals surface area contributed by atoms with Crippen LogP contribution in [0.3, 0.4) is 0 Å². The maximum Gasteiger partial charge on any atom is 0.261 e. The number of nitrogens with zero attached hydrogens (tertiary/aromatic N) is 1. The normalized spacial score (nSPS) is 11.0. The van der Waals surface area contributed by atoms with Gasteiger partial charge in [0.15, 0.2) is 0 Å². The van der Waals surface area contributed by atoms with E-state index in [0.29, 0.717) is 6.54 Å². The molecule has 5 heteroatoms. The van der Waals surface area contributed by atoms with Crippen LogP contribution in [0.2, 0.25) is 0 Å². The van der Waals surface area contributed by atoms with Crippen LogP contribution in [-0.4, -0.2) is 17.0 Å². The zero-order chi connectivity index (χ0) is 16.4. The molecule has 0 saturated heterocycles. The minimum Gasteiger partial charge on any atom is -0.351 e. The van der Waals surface area contributed by atoms with Gasteiger partial charge >= 0.3 is 0 Å². The van der Waals surface area contributed by atoms with Gasteiger partial charge in [0, 0.05) is 17.6 Å². The SMILES string of the molecule is O=C(NCCc1cccs1)c1ccc(-n2ccc3ccccc32)s1. The summed E-state index contributed by atoms with van der Waals surface area (Å²) < 4.78 is 2.13. The van der Waals surface area contributed by atoms with Crippen molar-refractivity contribution in [1.29, 1.82) is 0 Å². The highest BCUT2D eigenvalue weighted by Crippen LogP contribution is 2.26. The number of hydrogen-bond acceptors (Lipinski definition) is 3. The van der Waals surface area contributed by atoms with Crippen LogP contribution < -0.4 is 5.32 Å². The second-order valence-corrected chi connectivity index (χ2v) is 7.56. The Morgan fingerprint density at radius 1 is 1.04 bits per heavy atom. The number of benzene rings is 1. The van der Waals surface area contributed by atoms with Gasteiger partial charge in [-0.1, -0.05) is 24.3 Å². The molecule has 24 heavy (non-hydrogen) atoms. The van der Waals surface area contributed by atoms with Crippen molar-refractivity contribution in [3.63, 3.8) is 0 Å². The lowest BCUT2D eigenvalue weighted by molar-refractivity contribution is 0.0958. The first-order chi connectivity index (χ1) is 11.8. The summed E-state index contributed by atoms with van der Waals surface area (Å²) in [6.07, 6.45) is 2.93. The van der Waals surface area contributed by atoms with Crippen molar-refractivity contribution in [2.24, 2.45) is 0 Å². The molecule has 0 radical (unpaired) electrons. The number of aromatic nitrogens is 1. The van der Waals surface area contributed by atoms with Crippen LogP contribution in [0.15, 0.2) is 66.2 Å². The molecule has 3 nitrogen and oxygen atoms in total. The Labute approximate surface area is 148 Å². The molecule has 1 N–H and O–H groups in total. The molecule has 0 aliphatic carbocycles. The van der Waals surface area contributed by atoms with Gasteiger partial charge in [0.2, 0.25) is 0 Å². The van der Waals surface area contributed by atoms with Crippen molar-refractivity contribution < 1.29 is 4.79 Å². The summed E-state index contributed by atoms with van der Waals surface area (Å²) >= 11 is 3.24. The number of nitrogens with one attached hydrogen (secondary N) is 1. The molecule has 0 atom stereocenters. The summed E-state index contributed by atoms with van der Waals surface area (Å²) in [4.78, 5) is 14.4. The molecule has 0 bridgehead atoms. The minimum absolute atomic E-state index is 0.000678. The third kappa shape index (κ3) is 3.00. The van der Waals surface area contributed by atoms with Crippen LogP contribution in [0.5, 0.6) is 0 Å². The van der Waals surface area contributed by atoms with E-state index in [2.05, 4.69) is 45.7 Å². The highest BCUT2D eigenvalue weighted by atomic mass is 32.1. The van der Waals surface area contributed by atoms with Crippen molar-refractivity contribution in [2.45, 2.75) is 6.42 Å². The largest absolute Gasteiger partial charge is 0.351 e. The molecule has 1 aromatic carbocycles. The van der Waals surface area contributed by atoms with Gasteiger partial charge in [-0.2, -0.15) is 0 Å². The molecule has 0 saturated carbocycles. The number of carbonyl (C=O) groups is 1. The quantitative estimate of drug-likeness (QED) is 0.554. The Balaban J connectivity index is 1.47. The molecule has 0 spiro atoms. The second-order valence-electron chi connectivity index (χ2n) is 5.47. The number of thiophene rings is 2. The van der Waals surface area contributed by atoms with Crippen LogP contribution in [0.4, 0.5) is 0 Å². The topological polar surface area (TPSA) is 34.0 Å². The molecule has 3 aromatic heterocycles. The van der Waals surface area contributed by atoms with Crippen LogP contribution in [-0.2, 0) is 6.42 Å². The summed E-state index contributed by atoms with van der Waals surface area (Å²) in [5, 5.41) is 7.32. The Hall–Kier alpha value is -2.37.